The van der Waals surface area contributed by atoms with Crippen molar-refractivity contribution in [2.24, 2.45) is 5.11 Å². The van der Waals surface area contributed by atoms with E-state index in [-0.39, 0.29) is 12.1 Å². The van der Waals surface area contributed by atoms with Crippen LogP contribution in [0.3, 0.4) is 0 Å². The standard InChI is InChI=1S/C5H9N3O/c6-8-7-4-2-1-3-5(4)9/h4-5,9H,1-3H2/t4-,5+/m1/s1. The number of hydrogen-bond donors (Lipinski definition) is 1. The molecule has 0 saturated heterocycles. The fourth-order valence-corrected chi connectivity index (χ4v) is 1.12. The van der Waals surface area contributed by atoms with Gasteiger partial charge in [0.05, 0.1) is 12.1 Å². The molecular formula is C5H9N3O. The predicted molar refractivity (Wildman–Crippen MR) is 32.8 cm³/mol. The minimum atomic E-state index is -0.388. The molecule has 0 aromatic rings. The first-order valence-electron chi connectivity index (χ1n) is 3.07. The van der Waals surface area contributed by atoms with E-state index >= 15 is 0 Å². The molecule has 1 fully saturated rings. The zero-order valence-electron chi connectivity index (χ0n) is 5.06. The van der Waals surface area contributed by atoms with Gasteiger partial charge < -0.3 is 5.11 Å². The van der Waals surface area contributed by atoms with E-state index < -0.39 is 0 Å². The second-order valence-electron chi connectivity index (χ2n) is 2.27. The summed E-state index contributed by atoms with van der Waals surface area (Å²) in [6.07, 6.45) is 2.21. The normalized spacial score (nSPS) is 33.9. The third-order valence-corrected chi connectivity index (χ3v) is 1.64. The van der Waals surface area contributed by atoms with Gasteiger partial charge in [0.15, 0.2) is 0 Å². The molecule has 1 N–H and O–H groups in total. The molecule has 4 heteroatoms. The first kappa shape index (κ1) is 6.39. The Bertz CT molecular complexity index is 141. The van der Waals surface area contributed by atoms with Crippen molar-refractivity contribution in [3.05, 3.63) is 10.4 Å². The van der Waals surface area contributed by atoms with Crippen LogP contribution in [0.1, 0.15) is 19.3 Å². The highest BCUT2D eigenvalue weighted by Crippen LogP contribution is 2.21. The maximum Gasteiger partial charge on any atom is 0.0633 e. The van der Waals surface area contributed by atoms with Gasteiger partial charge >= 0.3 is 0 Å². The predicted octanol–water partition coefficient (Wildman–Crippen LogP) is 1.21. The van der Waals surface area contributed by atoms with Crippen molar-refractivity contribution >= 4 is 0 Å². The number of hydrogen-bond acceptors (Lipinski definition) is 2. The maximum atomic E-state index is 9.06. The molecule has 1 aliphatic rings. The Balaban J connectivity index is 2.49. The van der Waals surface area contributed by atoms with Crippen LogP contribution in [0.15, 0.2) is 5.11 Å². The van der Waals surface area contributed by atoms with Gasteiger partial charge in [0, 0.05) is 4.91 Å². The number of azide groups is 1. The Morgan fingerprint density at radius 2 is 2.33 bits per heavy atom. The molecule has 50 valence electrons. The van der Waals surface area contributed by atoms with Gasteiger partial charge in [0.2, 0.25) is 0 Å². The molecule has 4 nitrogen and oxygen atoms in total. The first-order valence-corrected chi connectivity index (χ1v) is 3.07. The summed E-state index contributed by atoms with van der Waals surface area (Å²) < 4.78 is 0. The average molecular weight is 127 g/mol. The molecule has 0 heterocycles. The highest BCUT2D eigenvalue weighted by atomic mass is 16.3. The van der Waals surface area contributed by atoms with Gasteiger partial charge in [-0.15, -0.1) is 0 Å². The van der Waals surface area contributed by atoms with E-state index in [1.807, 2.05) is 0 Å². The molecule has 1 rings (SSSR count). The molecule has 0 bridgehead atoms. The van der Waals surface area contributed by atoms with Gasteiger partial charge in [0.1, 0.15) is 0 Å². The van der Waals surface area contributed by atoms with Crippen LogP contribution in [0.25, 0.3) is 10.4 Å². The maximum absolute atomic E-state index is 9.06. The smallest absolute Gasteiger partial charge is 0.0633 e. The lowest BCUT2D eigenvalue weighted by Crippen LogP contribution is -2.15. The molecule has 0 radical (unpaired) electrons. The van der Waals surface area contributed by atoms with Crippen LogP contribution in [-0.4, -0.2) is 17.3 Å². The topological polar surface area (TPSA) is 69.0 Å². The van der Waals surface area contributed by atoms with E-state index in [9.17, 15) is 0 Å². The number of rotatable bonds is 1. The van der Waals surface area contributed by atoms with E-state index in [2.05, 4.69) is 10.0 Å². The van der Waals surface area contributed by atoms with Gasteiger partial charge in [-0.25, -0.2) is 0 Å². The van der Waals surface area contributed by atoms with Gasteiger partial charge in [-0.2, -0.15) is 0 Å². The van der Waals surface area contributed by atoms with Crippen LogP contribution in [0.4, 0.5) is 0 Å². The summed E-state index contributed by atoms with van der Waals surface area (Å²) in [6.45, 7) is 0. The Morgan fingerprint density at radius 1 is 1.56 bits per heavy atom. The van der Waals surface area contributed by atoms with Crippen molar-refractivity contribution in [3.63, 3.8) is 0 Å². The van der Waals surface area contributed by atoms with Crippen LogP contribution in [0.5, 0.6) is 0 Å². The fourth-order valence-electron chi connectivity index (χ4n) is 1.12. The van der Waals surface area contributed by atoms with E-state index in [0.717, 1.165) is 19.3 Å². The molecule has 1 saturated carbocycles. The van der Waals surface area contributed by atoms with Crippen molar-refractivity contribution in [3.8, 4) is 0 Å². The van der Waals surface area contributed by atoms with Gasteiger partial charge in [-0.3, -0.25) is 0 Å². The summed E-state index contributed by atoms with van der Waals surface area (Å²) in [7, 11) is 0. The van der Waals surface area contributed by atoms with Crippen LogP contribution < -0.4 is 0 Å². The lowest BCUT2D eigenvalue weighted by Gasteiger charge is -2.04. The SMILES string of the molecule is [N-]=[N+]=N[C@@H]1CCC[C@@H]1O. The van der Waals surface area contributed by atoms with Crippen molar-refractivity contribution in [1.29, 1.82) is 0 Å². The number of nitrogens with zero attached hydrogens (tertiary/aromatic N) is 3. The summed E-state index contributed by atoms with van der Waals surface area (Å²) in [5.74, 6) is 0. The summed E-state index contributed by atoms with van der Waals surface area (Å²) >= 11 is 0. The van der Waals surface area contributed by atoms with Gasteiger partial charge in [0.25, 0.3) is 0 Å². The van der Waals surface area contributed by atoms with E-state index in [1.54, 1.807) is 0 Å². The summed E-state index contributed by atoms with van der Waals surface area (Å²) in [5, 5.41) is 12.5. The Morgan fingerprint density at radius 3 is 2.78 bits per heavy atom. The second-order valence-corrected chi connectivity index (χ2v) is 2.27. The van der Waals surface area contributed by atoms with Gasteiger partial charge in [-0.1, -0.05) is 11.5 Å². The summed E-state index contributed by atoms with van der Waals surface area (Å²) in [6, 6.07) is -0.157. The van der Waals surface area contributed by atoms with Crippen molar-refractivity contribution in [1.82, 2.24) is 0 Å². The molecular weight excluding hydrogens is 118 g/mol. The van der Waals surface area contributed by atoms with E-state index in [4.69, 9.17) is 10.6 Å². The quantitative estimate of drug-likeness (QED) is 0.321. The lowest BCUT2D eigenvalue weighted by molar-refractivity contribution is 0.165. The van der Waals surface area contributed by atoms with E-state index in [1.165, 1.54) is 0 Å². The monoisotopic (exact) mass is 127 g/mol. The molecule has 1 aliphatic carbocycles. The highest BCUT2D eigenvalue weighted by molar-refractivity contribution is 4.82. The zero-order chi connectivity index (χ0) is 6.69. The summed E-state index contributed by atoms with van der Waals surface area (Å²) in [4.78, 5) is 2.63. The first-order chi connectivity index (χ1) is 4.34. The fraction of sp³-hybridized carbons (Fsp3) is 1.00. The van der Waals surface area contributed by atoms with Crippen LogP contribution in [-0.2, 0) is 0 Å². The molecule has 2 atom stereocenters. The van der Waals surface area contributed by atoms with Crippen LogP contribution in [0, 0.1) is 0 Å². The molecule has 0 aromatic carbocycles. The molecule has 0 spiro atoms. The van der Waals surface area contributed by atoms with Gasteiger partial charge in [-0.05, 0) is 18.4 Å². The Labute approximate surface area is 53.1 Å². The average Bonchev–Trinajstić information content (AvgIpc) is 2.18. The third kappa shape index (κ3) is 1.34. The lowest BCUT2D eigenvalue weighted by atomic mass is 10.2. The molecule has 0 unspecified atom stereocenters. The second kappa shape index (κ2) is 2.71. The third-order valence-electron chi connectivity index (χ3n) is 1.64. The zero-order valence-corrected chi connectivity index (χ0v) is 5.06. The molecule has 9 heavy (non-hydrogen) atoms. The summed E-state index contributed by atoms with van der Waals surface area (Å²) in [5.41, 5.74) is 7.99. The Hall–Kier alpha value is -0.730. The minimum Gasteiger partial charge on any atom is -0.393 e. The number of aliphatic hydroxyl groups excluding tert-OH is 1. The number of aliphatic hydroxyl groups is 1. The highest BCUT2D eigenvalue weighted by Gasteiger charge is 2.23. The van der Waals surface area contributed by atoms with Crippen molar-refractivity contribution < 1.29 is 5.11 Å². The minimum absolute atomic E-state index is 0.157. The molecule has 0 amide bonds. The Kier molecular flexibility index (Phi) is 1.92. The van der Waals surface area contributed by atoms with E-state index in [0.29, 0.717) is 0 Å². The van der Waals surface area contributed by atoms with Crippen LogP contribution >= 0.6 is 0 Å². The van der Waals surface area contributed by atoms with Crippen molar-refractivity contribution in [2.75, 3.05) is 0 Å². The molecule has 0 aliphatic heterocycles. The molecule has 0 aromatic heterocycles. The largest absolute Gasteiger partial charge is 0.393 e. The van der Waals surface area contributed by atoms with Crippen LogP contribution in [0.2, 0.25) is 0 Å². The van der Waals surface area contributed by atoms with Crippen molar-refractivity contribution in [2.45, 2.75) is 31.4 Å².